The van der Waals surface area contributed by atoms with Gasteiger partial charge in [0.1, 0.15) is 0 Å². The second-order valence-corrected chi connectivity index (χ2v) is 5.96. The summed E-state index contributed by atoms with van der Waals surface area (Å²) in [6, 6.07) is 1.07. The molecule has 0 spiro atoms. The minimum Gasteiger partial charge on any atom is -0.355 e. The first-order valence-corrected chi connectivity index (χ1v) is 7.06. The third-order valence-electron chi connectivity index (χ3n) is 3.60. The largest absolute Gasteiger partial charge is 0.355 e. The van der Waals surface area contributed by atoms with Crippen molar-refractivity contribution in [3.8, 4) is 0 Å². The predicted molar refractivity (Wildman–Crippen MR) is 64.0 cm³/mol. The molecule has 2 saturated heterocycles. The van der Waals surface area contributed by atoms with Crippen LogP contribution in [-0.2, 0) is 4.79 Å². The Morgan fingerprint density at radius 1 is 1.60 bits per heavy atom. The first-order chi connectivity index (χ1) is 7.20. The van der Waals surface area contributed by atoms with E-state index in [1.807, 2.05) is 0 Å². The lowest BCUT2D eigenvalue weighted by Gasteiger charge is -2.20. The highest BCUT2D eigenvalue weighted by Gasteiger charge is 2.42. The van der Waals surface area contributed by atoms with Crippen molar-refractivity contribution >= 4 is 17.7 Å². The second kappa shape index (κ2) is 4.74. The molecule has 0 aromatic rings. The molecule has 0 aliphatic carbocycles. The Kier molecular flexibility index (Phi) is 3.57. The van der Waals surface area contributed by atoms with Crippen molar-refractivity contribution in [2.45, 2.75) is 43.5 Å². The summed E-state index contributed by atoms with van der Waals surface area (Å²) in [5.74, 6) is 0.494. The molecule has 2 bridgehead atoms. The summed E-state index contributed by atoms with van der Waals surface area (Å²) in [5.41, 5.74) is 0. The molecule has 2 heterocycles. The van der Waals surface area contributed by atoms with Crippen LogP contribution in [0.2, 0.25) is 0 Å². The molecule has 0 saturated carbocycles. The van der Waals surface area contributed by atoms with Crippen LogP contribution in [0.25, 0.3) is 0 Å². The fourth-order valence-corrected chi connectivity index (χ4v) is 2.82. The van der Waals surface area contributed by atoms with Crippen molar-refractivity contribution < 1.29 is 4.79 Å². The molecule has 3 nitrogen and oxygen atoms in total. The average Bonchev–Trinajstić information content (AvgIpc) is 2.86. The summed E-state index contributed by atoms with van der Waals surface area (Å²) in [6.45, 7) is 2.94. The van der Waals surface area contributed by atoms with Crippen LogP contribution in [0.4, 0.5) is 0 Å². The molecule has 0 aromatic carbocycles. The zero-order valence-corrected chi connectivity index (χ0v) is 10.3. The molecule has 4 unspecified atom stereocenters. The van der Waals surface area contributed by atoms with Crippen LogP contribution < -0.4 is 10.6 Å². The number of fused-ring (bicyclic) bond motifs is 2. The topological polar surface area (TPSA) is 41.1 Å². The maximum Gasteiger partial charge on any atom is 0.224 e. The van der Waals surface area contributed by atoms with Crippen LogP contribution >= 0.6 is 11.8 Å². The fraction of sp³-hybridized carbons (Fsp3) is 0.909. The van der Waals surface area contributed by atoms with E-state index < -0.39 is 0 Å². The number of hydrogen-bond donors (Lipinski definition) is 2. The van der Waals surface area contributed by atoms with Crippen molar-refractivity contribution in [1.29, 1.82) is 0 Å². The average molecular weight is 228 g/mol. The lowest BCUT2D eigenvalue weighted by Crippen LogP contribution is -2.39. The van der Waals surface area contributed by atoms with Gasteiger partial charge >= 0.3 is 0 Å². The highest BCUT2D eigenvalue weighted by Crippen LogP contribution is 2.33. The highest BCUT2D eigenvalue weighted by atomic mass is 32.2. The van der Waals surface area contributed by atoms with Crippen molar-refractivity contribution in [2.75, 3.05) is 12.8 Å². The molecule has 0 aromatic heterocycles. The lowest BCUT2D eigenvalue weighted by molar-refractivity contribution is -0.125. The Balaban J connectivity index is 1.77. The number of carbonyl (C=O) groups excluding carboxylic acids is 1. The minimum atomic E-state index is 0.234. The summed E-state index contributed by atoms with van der Waals surface area (Å²) in [6.07, 6.45) is 5.57. The zero-order chi connectivity index (χ0) is 10.8. The molecular weight excluding hydrogens is 208 g/mol. The maximum absolute atomic E-state index is 11.9. The SMILES string of the molecule is CSC(C)CNC(=O)C1CC2CCC1N2. The molecule has 0 radical (unpaired) electrons. The third-order valence-corrected chi connectivity index (χ3v) is 4.57. The summed E-state index contributed by atoms with van der Waals surface area (Å²) in [7, 11) is 0. The van der Waals surface area contributed by atoms with Gasteiger partial charge in [0.05, 0.1) is 5.92 Å². The number of carbonyl (C=O) groups is 1. The van der Waals surface area contributed by atoms with Gasteiger partial charge < -0.3 is 10.6 Å². The summed E-state index contributed by atoms with van der Waals surface area (Å²) < 4.78 is 0. The van der Waals surface area contributed by atoms with Crippen LogP contribution in [0.5, 0.6) is 0 Å². The Morgan fingerprint density at radius 2 is 2.40 bits per heavy atom. The van der Waals surface area contributed by atoms with Crippen LogP contribution in [0, 0.1) is 5.92 Å². The van der Waals surface area contributed by atoms with Gasteiger partial charge in [-0.2, -0.15) is 11.8 Å². The first kappa shape index (κ1) is 11.3. The van der Waals surface area contributed by atoms with Gasteiger partial charge in [-0.15, -0.1) is 0 Å². The monoisotopic (exact) mass is 228 g/mol. The number of nitrogens with one attached hydrogen (secondary N) is 2. The van der Waals surface area contributed by atoms with E-state index in [2.05, 4.69) is 23.8 Å². The zero-order valence-electron chi connectivity index (χ0n) is 9.45. The predicted octanol–water partition coefficient (Wildman–Crippen LogP) is 0.995. The molecule has 1 amide bonds. The van der Waals surface area contributed by atoms with E-state index in [1.54, 1.807) is 11.8 Å². The Morgan fingerprint density at radius 3 is 2.93 bits per heavy atom. The van der Waals surface area contributed by atoms with Gasteiger partial charge in [-0.1, -0.05) is 6.92 Å². The molecule has 86 valence electrons. The molecule has 2 fully saturated rings. The third kappa shape index (κ3) is 2.48. The molecular formula is C11H20N2OS. The molecule has 15 heavy (non-hydrogen) atoms. The summed E-state index contributed by atoms with van der Waals surface area (Å²) >= 11 is 1.79. The molecule has 4 atom stereocenters. The second-order valence-electron chi connectivity index (χ2n) is 4.68. The minimum absolute atomic E-state index is 0.234. The van der Waals surface area contributed by atoms with Gasteiger partial charge in [-0.25, -0.2) is 0 Å². The Hall–Kier alpha value is -0.220. The van der Waals surface area contributed by atoms with Crippen molar-refractivity contribution in [2.24, 2.45) is 5.92 Å². The van der Waals surface area contributed by atoms with E-state index >= 15 is 0 Å². The lowest BCUT2D eigenvalue weighted by atomic mass is 9.88. The number of thioether (sulfide) groups is 1. The van der Waals surface area contributed by atoms with E-state index in [0.717, 1.165) is 13.0 Å². The van der Waals surface area contributed by atoms with Gasteiger partial charge in [0.15, 0.2) is 0 Å². The van der Waals surface area contributed by atoms with Crippen molar-refractivity contribution in [3.63, 3.8) is 0 Å². The molecule has 2 rings (SSSR count). The van der Waals surface area contributed by atoms with E-state index in [9.17, 15) is 4.79 Å². The van der Waals surface area contributed by atoms with Gasteiger partial charge in [0.2, 0.25) is 5.91 Å². The maximum atomic E-state index is 11.9. The molecule has 2 aliphatic heterocycles. The standard InChI is InChI=1S/C11H20N2OS/c1-7(15-2)6-12-11(14)9-5-8-3-4-10(9)13-8/h7-10,13H,3-6H2,1-2H3,(H,12,14). The number of rotatable bonds is 4. The van der Waals surface area contributed by atoms with E-state index in [0.29, 0.717) is 17.3 Å². The Bertz CT molecular complexity index is 247. The number of hydrogen-bond acceptors (Lipinski definition) is 3. The van der Waals surface area contributed by atoms with Crippen LogP contribution in [-0.4, -0.2) is 36.0 Å². The van der Waals surface area contributed by atoms with Crippen LogP contribution in [0.3, 0.4) is 0 Å². The quantitative estimate of drug-likeness (QED) is 0.754. The first-order valence-electron chi connectivity index (χ1n) is 5.77. The smallest absolute Gasteiger partial charge is 0.224 e. The van der Waals surface area contributed by atoms with E-state index in [1.165, 1.54) is 12.8 Å². The van der Waals surface area contributed by atoms with Gasteiger partial charge in [-0.05, 0) is 25.5 Å². The van der Waals surface area contributed by atoms with Crippen LogP contribution in [0.15, 0.2) is 0 Å². The Labute approximate surface area is 95.8 Å². The van der Waals surface area contributed by atoms with Crippen molar-refractivity contribution in [3.05, 3.63) is 0 Å². The molecule has 4 heteroatoms. The van der Waals surface area contributed by atoms with Gasteiger partial charge in [0, 0.05) is 23.9 Å². The summed E-state index contributed by atoms with van der Waals surface area (Å²) in [5, 5.41) is 7.07. The van der Waals surface area contributed by atoms with Crippen LogP contribution in [0.1, 0.15) is 26.2 Å². The number of amides is 1. The van der Waals surface area contributed by atoms with Gasteiger partial charge in [0.25, 0.3) is 0 Å². The molecule has 2 aliphatic rings. The van der Waals surface area contributed by atoms with E-state index in [-0.39, 0.29) is 11.8 Å². The highest BCUT2D eigenvalue weighted by molar-refractivity contribution is 7.99. The fourth-order valence-electron chi connectivity index (χ4n) is 2.57. The van der Waals surface area contributed by atoms with Gasteiger partial charge in [-0.3, -0.25) is 4.79 Å². The van der Waals surface area contributed by atoms with Crippen molar-refractivity contribution in [1.82, 2.24) is 10.6 Å². The summed E-state index contributed by atoms with van der Waals surface area (Å²) in [4.78, 5) is 11.9. The molecule has 2 N–H and O–H groups in total. The van der Waals surface area contributed by atoms with E-state index in [4.69, 9.17) is 0 Å². The normalized spacial score (nSPS) is 35.5.